The first-order chi connectivity index (χ1) is 11.8. The third kappa shape index (κ3) is 4.30. The van der Waals surface area contributed by atoms with E-state index in [0.717, 1.165) is 49.9 Å². The number of rotatable bonds is 4. The summed E-state index contributed by atoms with van der Waals surface area (Å²) in [5, 5.41) is 4.28. The van der Waals surface area contributed by atoms with Crippen LogP contribution < -0.4 is 10.2 Å². The summed E-state index contributed by atoms with van der Waals surface area (Å²) in [5.74, 6) is 0. The number of hydrogen-bond acceptors (Lipinski definition) is 2. The van der Waals surface area contributed by atoms with E-state index in [-0.39, 0.29) is 0 Å². The molecule has 0 bridgehead atoms. The molecule has 2 aromatic rings. The van der Waals surface area contributed by atoms with E-state index in [0.29, 0.717) is 0 Å². The van der Waals surface area contributed by atoms with Crippen LogP contribution in [0, 0.1) is 0 Å². The molecule has 1 aliphatic rings. The zero-order valence-corrected chi connectivity index (χ0v) is 15.0. The van der Waals surface area contributed by atoms with Crippen molar-refractivity contribution in [1.82, 2.24) is 9.88 Å². The molecule has 126 valence electrons. The lowest BCUT2D eigenvalue weighted by Crippen LogP contribution is -3.13. The highest BCUT2D eigenvalue weighted by Crippen LogP contribution is 2.16. The van der Waals surface area contributed by atoms with Gasteiger partial charge in [0.15, 0.2) is 5.11 Å². The molecule has 0 saturated carbocycles. The SMILES string of the molecule is CCc1ccccc1NC(=S)N1CC[NH+](Cc2ccncc2)CC1. The summed E-state index contributed by atoms with van der Waals surface area (Å²) < 4.78 is 0. The van der Waals surface area contributed by atoms with E-state index in [2.05, 4.69) is 58.5 Å². The van der Waals surface area contributed by atoms with E-state index in [1.807, 2.05) is 12.4 Å². The van der Waals surface area contributed by atoms with E-state index < -0.39 is 0 Å². The Kier molecular flexibility index (Phi) is 5.77. The van der Waals surface area contributed by atoms with E-state index in [9.17, 15) is 0 Å². The molecule has 1 aromatic heterocycles. The summed E-state index contributed by atoms with van der Waals surface area (Å²) in [6.07, 6.45) is 4.75. The van der Waals surface area contributed by atoms with Gasteiger partial charge in [-0.05, 0) is 42.4 Å². The molecule has 4 nitrogen and oxygen atoms in total. The average molecular weight is 342 g/mol. The molecule has 3 rings (SSSR count). The number of pyridine rings is 1. The van der Waals surface area contributed by atoms with Gasteiger partial charge in [-0.25, -0.2) is 0 Å². The number of anilines is 1. The van der Waals surface area contributed by atoms with Gasteiger partial charge in [-0.3, -0.25) is 4.98 Å². The number of piperazine rings is 1. The monoisotopic (exact) mass is 341 g/mol. The summed E-state index contributed by atoms with van der Waals surface area (Å²) in [6, 6.07) is 12.6. The number of nitrogens with one attached hydrogen (secondary N) is 2. The molecule has 0 atom stereocenters. The molecule has 0 aliphatic carbocycles. The molecule has 1 aromatic carbocycles. The maximum absolute atomic E-state index is 5.63. The van der Waals surface area contributed by atoms with Gasteiger partial charge >= 0.3 is 0 Å². The lowest BCUT2D eigenvalue weighted by molar-refractivity contribution is -0.917. The third-order valence-electron chi connectivity index (χ3n) is 4.60. The highest BCUT2D eigenvalue weighted by molar-refractivity contribution is 7.80. The second-order valence-corrected chi connectivity index (χ2v) is 6.60. The van der Waals surface area contributed by atoms with Crippen LogP contribution in [0.2, 0.25) is 0 Å². The van der Waals surface area contributed by atoms with Gasteiger partial charge in [0.05, 0.1) is 26.2 Å². The average Bonchev–Trinajstić information content (AvgIpc) is 2.63. The van der Waals surface area contributed by atoms with Crippen molar-refractivity contribution >= 4 is 23.0 Å². The Labute approximate surface area is 149 Å². The first kappa shape index (κ1) is 16.9. The van der Waals surface area contributed by atoms with Crippen LogP contribution in [-0.2, 0) is 13.0 Å². The number of benzene rings is 1. The quantitative estimate of drug-likeness (QED) is 0.830. The second kappa shape index (κ2) is 8.22. The van der Waals surface area contributed by atoms with Gasteiger partial charge < -0.3 is 15.1 Å². The van der Waals surface area contributed by atoms with E-state index in [4.69, 9.17) is 12.2 Å². The number of aromatic nitrogens is 1. The van der Waals surface area contributed by atoms with E-state index in [1.54, 1.807) is 4.90 Å². The van der Waals surface area contributed by atoms with Gasteiger partial charge in [-0.15, -0.1) is 0 Å². The fourth-order valence-corrected chi connectivity index (χ4v) is 3.43. The molecule has 1 saturated heterocycles. The molecule has 1 fully saturated rings. The van der Waals surface area contributed by atoms with Crippen molar-refractivity contribution < 1.29 is 4.90 Å². The Morgan fingerprint density at radius 2 is 1.88 bits per heavy atom. The summed E-state index contributed by atoms with van der Waals surface area (Å²) >= 11 is 5.63. The zero-order valence-electron chi connectivity index (χ0n) is 14.2. The zero-order chi connectivity index (χ0) is 16.8. The van der Waals surface area contributed by atoms with Crippen LogP contribution >= 0.6 is 12.2 Å². The molecule has 0 unspecified atom stereocenters. The Morgan fingerprint density at radius 1 is 1.17 bits per heavy atom. The number of quaternary nitrogens is 1. The van der Waals surface area contributed by atoms with Crippen molar-refractivity contribution in [1.29, 1.82) is 0 Å². The highest BCUT2D eigenvalue weighted by atomic mass is 32.1. The van der Waals surface area contributed by atoms with Crippen molar-refractivity contribution in [3.8, 4) is 0 Å². The van der Waals surface area contributed by atoms with Gasteiger partial charge in [-0.2, -0.15) is 0 Å². The largest absolute Gasteiger partial charge is 0.338 e. The molecule has 0 spiro atoms. The number of para-hydroxylation sites is 1. The minimum Gasteiger partial charge on any atom is -0.338 e. The number of hydrogen-bond donors (Lipinski definition) is 2. The maximum atomic E-state index is 5.63. The topological polar surface area (TPSA) is 32.6 Å². The molecule has 5 heteroatoms. The highest BCUT2D eigenvalue weighted by Gasteiger charge is 2.22. The van der Waals surface area contributed by atoms with Crippen LogP contribution in [0.1, 0.15) is 18.1 Å². The van der Waals surface area contributed by atoms with Gasteiger partial charge in [0.25, 0.3) is 0 Å². The fourth-order valence-electron chi connectivity index (χ4n) is 3.14. The van der Waals surface area contributed by atoms with Gasteiger partial charge in [0, 0.05) is 23.6 Å². The normalized spacial score (nSPS) is 15.3. The summed E-state index contributed by atoms with van der Waals surface area (Å²) in [6.45, 7) is 7.46. The molecular formula is C19H25N4S+. The first-order valence-corrected chi connectivity index (χ1v) is 9.03. The van der Waals surface area contributed by atoms with Crippen molar-refractivity contribution in [2.75, 3.05) is 31.5 Å². The van der Waals surface area contributed by atoms with Crippen LogP contribution in [0.25, 0.3) is 0 Å². The minimum atomic E-state index is 0.846. The third-order valence-corrected chi connectivity index (χ3v) is 4.96. The van der Waals surface area contributed by atoms with Crippen LogP contribution in [0.3, 0.4) is 0 Å². The van der Waals surface area contributed by atoms with E-state index in [1.165, 1.54) is 11.1 Å². The van der Waals surface area contributed by atoms with E-state index >= 15 is 0 Å². The second-order valence-electron chi connectivity index (χ2n) is 6.21. The number of nitrogens with zero attached hydrogens (tertiary/aromatic N) is 2. The maximum Gasteiger partial charge on any atom is 0.173 e. The van der Waals surface area contributed by atoms with Crippen molar-refractivity contribution in [3.63, 3.8) is 0 Å². The lowest BCUT2D eigenvalue weighted by atomic mass is 10.1. The number of thiocarbonyl (C=S) groups is 1. The fraction of sp³-hybridized carbons (Fsp3) is 0.368. The molecule has 2 N–H and O–H groups in total. The van der Waals surface area contributed by atoms with Crippen LogP contribution in [0.4, 0.5) is 5.69 Å². The summed E-state index contributed by atoms with van der Waals surface area (Å²) in [5.41, 5.74) is 3.80. The van der Waals surface area contributed by atoms with Gasteiger partial charge in [0.1, 0.15) is 6.54 Å². The Morgan fingerprint density at radius 3 is 2.58 bits per heavy atom. The molecule has 1 aliphatic heterocycles. The lowest BCUT2D eigenvalue weighted by Gasteiger charge is -2.34. The molecule has 0 radical (unpaired) electrons. The van der Waals surface area contributed by atoms with Crippen molar-refractivity contribution in [2.24, 2.45) is 0 Å². The Balaban J connectivity index is 1.52. The van der Waals surface area contributed by atoms with Crippen LogP contribution in [0.15, 0.2) is 48.8 Å². The Bertz CT molecular complexity index is 666. The Hall–Kier alpha value is -1.98. The van der Waals surface area contributed by atoms with Crippen molar-refractivity contribution in [3.05, 3.63) is 59.9 Å². The van der Waals surface area contributed by atoms with Crippen LogP contribution in [-0.4, -0.2) is 41.2 Å². The van der Waals surface area contributed by atoms with Gasteiger partial charge in [0.2, 0.25) is 0 Å². The van der Waals surface area contributed by atoms with Crippen molar-refractivity contribution in [2.45, 2.75) is 19.9 Å². The predicted octanol–water partition coefficient (Wildman–Crippen LogP) is 1.74. The van der Waals surface area contributed by atoms with Crippen LogP contribution in [0.5, 0.6) is 0 Å². The molecule has 0 amide bonds. The predicted molar refractivity (Wildman–Crippen MR) is 102 cm³/mol. The standard InChI is InChI=1S/C19H24N4S/c1-2-17-5-3-4-6-18(17)21-19(24)23-13-11-22(12-14-23)15-16-7-9-20-10-8-16/h3-10H,2,11-15H2,1H3,(H,21,24)/p+1. The summed E-state index contributed by atoms with van der Waals surface area (Å²) in [4.78, 5) is 7.98. The van der Waals surface area contributed by atoms with Gasteiger partial charge in [-0.1, -0.05) is 25.1 Å². The number of aryl methyl sites for hydroxylation is 1. The molecule has 24 heavy (non-hydrogen) atoms. The molecule has 2 heterocycles. The summed E-state index contributed by atoms with van der Waals surface area (Å²) in [7, 11) is 0. The first-order valence-electron chi connectivity index (χ1n) is 8.62. The smallest absolute Gasteiger partial charge is 0.173 e. The minimum absolute atomic E-state index is 0.846. The molecular weight excluding hydrogens is 316 g/mol.